The van der Waals surface area contributed by atoms with Crippen molar-refractivity contribution < 1.29 is 4.74 Å². The van der Waals surface area contributed by atoms with Crippen molar-refractivity contribution in [3.8, 4) is 28.7 Å². The van der Waals surface area contributed by atoms with Crippen LogP contribution in [0.15, 0.2) is 59.1 Å². The van der Waals surface area contributed by atoms with Gasteiger partial charge in [0.25, 0.3) is 5.56 Å². The lowest BCUT2D eigenvalue weighted by Gasteiger charge is -2.04. The summed E-state index contributed by atoms with van der Waals surface area (Å²) in [5.74, 6) is 1.71. The first kappa shape index (κ1) is 15.7. The van der Waals surface area contributed by atoms with E-state index in [1.165, 1.54) is 11.3 Å². The van der Waals surface area contributed by atoms with Crippen LogP contribution in [-0.4, -0.2) is 31.4 Å². The molecule has 5 rings (SSSR count). The summed E-state index contributed by atoms with van der Waals surface area (Å²) in [7, 11) is 1.62. The molecular weight excluding hydrogens is 362 g/mol. The largest absolute Gasteiger partial charge is 0.497 e. The monoisotopic (exact) mass is 375 g/mol. The Labute approximate surface area is 157 Å². The van der Waals surface area contributed by atoms with Crippen LogP contribution in [-0.2, 0) is 0 Å². The Morgan fingerprint density at radius 2 is 2.15 bits per heavy atom. The van der Waals surface area contributed by atoms with Crippen molar-refractivity contribution in [2.24, 2.45) is 0 Å². The highest BCUT2D eigenvalue weighted by molar-refractivity contribution is 7.17. The predicted octanol–water partition coefficient (Wildman–Crippen LogP) is 3.37. The van der Waals surface area contributed by atoms with Gasteiger partial charge in [0.1, 0.15) is 10.4 Å². The van der Waals surface area contributed by atoms with Crippen LogP contribution < -0.4 is 10.3 Å². The van der Waals surface area contributed by atoms with Crippen LogP contribution in [0.25, 0.3) is 38.6 Å². The molecule has 132 valence electrons. The number of nitrogens with zero attached hydrogens (tertiary/aromatic N) is 4. The molecule has 0 aromatic carbocycles. The number of rotatable bonds is 3. The Morgan fingerprint density at radius 3 is 2.96 bits per heavy atom. The zero-order valence-electron chi connectivity index (χ0n) is 14.2. The Hall–Kier alpha value is -3.52. The molecule has 0 aliphatic heterocycles. The zero-order chi connectivity index (χ0) is 18.4. The summed E-state index contributed by atoms with van der Waals surface area (Å²) >= 11 is 1.36. The maximum absolute atomic E-state index is 12.6. The molecule has 0 spiro atoms. The average molecular weight is 375 g/mol. The van der Waals surface area contributed by atoms with Gasteiger partial charge < -0.3 is 9.72 Å². The molecule has 1 N–H and O–H groups in total. The van der Waals surface area contributed by atoms with Gasteiger partial charge in [-0.3, -0.25) is 14.2 Å². The fourth-order valence-corrected chi connectivity index (χ4v) is 3.91. The Balaban J connectivity index is 1.74. The molecule has 0 fully saturated rings. The molecule has 27 heavy (non-hydrogen) atoms. The number of imidazole rings is 1. The number of pyridine rings is 2. The van der Waals surface area contributed by atoms with Crippen LogP contribution >= 0.6 is 11.3 Å². The van der Waals surface area contributed by atoms with Crippen LogP contribution in [0.1, 0.15) is 0 Å². The van der Waals surface area contributed by atoms with E-state index >= 15 is 0 Å². The van der Waals surface area contributed by atoms with Gasteiger partial charge in [-0.15, -0.1) is 11.3 Å². The molecule has 8 heteroatoms. The minimum atomic E-state index is -0.188. The van der Waals surface area contributed by atoms with Gasteiger partial charge in [0.15, 0.2) is 11.6 Å². The van der Waals surface area contributed by atoms with Gasteiger partial charge in [-0.25, -0.2) is 9.97 Å². The van der Waals surface area contributed by atoms with Crippen LogP contribution in [0.2, 0.25) is 0 Å². The van der Waals surface area contributed by atoms with Crippen LogP contribution in [0.3, 0.4) is 0 Å². The summed E-state index contributed by atoms with van der Waals surface area (Å²) in [6.45, 7) is 0. The molecule has 0 saturated carbocycles. The van der Waals surface area contributed by atoms with Gasteiger partial charge in [0, 0.05) is 29.4 Å². The molecular formula is C19H13N5O2S. The summed E-state index contributed by atoms with van der Waals surface area (Å²) in [6, 6.07) is 9.38. The van der Waals surface area contributed by atoms with Crippen molar-refractivity contribution in [2.75, 3.05) is 7.11 Å². The number of H-pyrrole nitrogens is 1. The van der Waals surface area contributed by atoms with Crippen LogP contribution in [0.5, 0.6) is 5.75 Å². The van der Waals surface area contributed by atoms with Crippen LogP contribution in [0.4, 0.5) is 0 Å². The molecule has 0 bridgehead atoms. The third-order valence-electron chi connectivity index (χ3n) is 4.32. The number of nitrogens with one attached hydrogen (secondary N) is 1. The van der Waals surface area contributed by atoms with Crippen molar-refractivity contribution in [3.63, 3.8) is 0 Å². The van der Waals surface area contributed by atoms with Gasteiger partial charge in [-0.2, -0.15) is 0 Å². The smallest absolute Gasteiger partial charge is 0.269 e. The molecule has 0 aliphatic rings. The first-order valence-corrected chi connectivity index (χ1v) is 9.07. The Morgan fingerprint density at radius 1 is 1.22 bits per heavy atom. The van der Waals surface area contributed by atoms with Crippen molar-refractivity contribution >= 4 is 27.1 Å². The highest BCUT2D eigenvalue weighted by atomic mass is 32.1. The number of hydrogen-bond acceptors (Lipinski definition) is 6. The van der Waals surface area contributed by atoms with E-state index in [-0.39, 0.29) is 5.56 Å². The van der Waals surface area contributed by atoms with E-state index in [0.29, 0.717) is 21.9 Å². The standard InChI is InChI=1S/C19H13N5O2S/c1-26-12-5-7-24-11(8-12)9-21-18(24)17-22-15-13(14-4-2-3-6-20-14)10-27-16(15)19(25)23-17/h2-10H,1H3,(H,22,23,25). The number of aromatic amines is 1. The fourth-order valence-electron chi connectivity index (χ4n) is 3.02. The minimum absolute atomic E-state index is 0.188. The second-order valence-electron chi connectivity index (χ2n) is 5.90. The van der Waals surface area contributed by atoms with E-state index in [0.717, 1.165) is 22.5 Å². The van der Waals surface area contributed by atoms with Crippen molar-refractivity contribution in [1.29, 1.82) is 0 Å². The van der Waals surface area contributed by atoms with Crippen LogP contribution in [0, 0.1) is 0 Å². The SMILES string of the molecule is COc1ccn2c(-c3nc4c(-c5ccccn5)csc4c(=O)[nH]3)ncc2c1. The lowest BCUT2D eigenvalue weighted by Crippen LogP contribution is -2.09. The van der Waals surface area contributed by atoms with Gasteiger partial charge in [-0.05, 0) is 18.2 Å². The lowest BCUT2D eigenvalue weighted by molar-refractivity contribution is 0.414. The van der Waals surface area contributed by atoms with Gasteiger partial charge in [0.05, 0.1) is 30.0 Å². The summed E-state index contributed by atoms with van der Waals surface area (Å²) in [5.41, 5.74) is 2.91. The molecule has 5 heterocycles. The second-order valence-corrected chi connectivity index (χ2v) is 6.78. The number of fused-ring (bicyclic) bond motifs is 2. The van der Waals surface area contributed by atoms with Crippen molar-refractivity contribution in [2.45, 2.75) is 0 Å². The van der Waals surface area contributed by atoms with E-state index in [1.807, 2.05) is 46.3 Å². The molecule has 0 aliphatic carbocycles. The zero-order valence-corrected chi connectivity index (χ0v) is 15.0. The van der Waals surface area contributed by atoms with Crippen molar-refractivity contribution in [1.82, 2.24) is 24.3 Å². The number of thiophene rings is 1. The summed E-state index contributed by atoms with van der Waals surface area (Å²) in [6.07, 6.45) is 5.28. The second kappa shape index (κ2) is 6.03. The number of ether oxygens (including phenoxy) is 1. The number of methoxy groups -OCH3 is 1. The normalized spacial score (nSPS) is 11.3. The highest BCUT2D eigenvalue weighted by Crippen LogP contribution is 2.30. The first-order valence-electron chi connectivity index (χ1n) is 8.19. The molecule has 0 atom stereocenters. The summed E-state index contributed by atoms with van der Waals surface area (Å²) in [5, 5.41) is 1.91. The topological polar surface area (TPSA) is 85.2 Å². The fraction of sp³-hybridized carbons (Fsp3) is 0.0526. The predicted molar refractivity (Wildman–Crippen MR) is 104 cm³/mol. The molecule has 5 aromatic rings. The third kappa shape index (κ3) is 2.49. The van der Waals surface area contributed by atoms with E-state index in [4.69, 9.17) is 9.72 Å². The first-order chi connectivity index (χ1) is 13.2. The minimum Gasteiger partial charge on any atom is -0.497 e. The molecule has 0 saturated heterocycles. The van der Waals surface area contributed by atoms with Crippen molar-refractivity contribution in [3.05, 3.63) is 64.7 Å². The highest BCUT2D eigenvalue weighted by Gasteiger charge is 2.16. The van der Waals surface area contributed by atoms with Gasteiger partial charge >= 0.3 is 0 Å². The third-order valence-corrected chi connectivity index (χ3v) is 5.29. The molecule has 0 amide bonds. The maximum Gasteiger partial charge on any atom is 0.269 e. The summed E-state index contributed by atoms with van der Waals surface area (Å²) < 4.78 is 7.68. The number of aromatic nitrogens is 5. The molecule has 0 unspecified atom stereocenters. The Bertz CT molecular complexity index is 1340. The lowest BCUT2D eigenvalue weighted by atomic mass is 10.2. The Kier molecular flexibility index (Phi) is 3.51. The average Bonchev–Trinajstić information content (AvgIpc) is 3.32. The van der Waals surface area contributed by atoms with Gasteiger partial charge in [0.2, 0.25) is 0 Å². The van der Waals surface area contributed by atoms with E-state index < -0.39 is 0 Å². The maximum atomic E-state index is 12.6. The molecule has 7 nitrogen and oxygen atoms in total. The number of hydrogen-bond donors (Lipinski definition) is 1. The molecule has 0 radical (unpaired) electrons. The van der Waals surface area contributed by atoms with E-state index in [9.17, 15) is 4.79 Å². The van der Waals surface area contributed by atoms with Gasteiger partial charge in [-0.1, -0.05) is 6.07 Å². The molecule has 5 aromatic heterocycles. The van der Waals surface area contributed by atoms with E-state index in [2.05, 4.69) is 15.0 Å². The van der Waals surface area contributed by atoms with E-state index in [1.54, 1.807) is 19.5 Å². The summed E-state index contributed by atoms with van der Waals surface area (Å²) in [4.78, 5) is 29.0. The quantitative estimate of drug-likeness (QED) is 0.523.